The highest BCUT2D eigenvalue weighted by Crippen LogP contribution is 2.14. The van der Waals surface area contributed by atoms with Gasteiger partial charge in [0.05, 0.1) is 17.9 Å². The molecular weight excluding hydrogens is 320 g/mol. The number of rotatable bonds is 5. The van der Waals surface area contributed by atoms with Crippen LogP contribution in [0.1, 0.15) is 25.8 Å². The number of aromatic nitrogens is 4. The number of aryl methyl sites for hydroxylation is 1. The van der Waals surface area contributed by atoms with E-state index in [1.54, 1.807) is 4.68 Å². The molecule has 1 saturated heterocycles. The molecule has 0 radical (unpaired) electrons. The van der Waals surface area contributed by atoms with Crippen LogP contribution in [0.5, 0.6) is 0 Å². The minimum atomic E-state index is 0.0782. The first-order valence-electron chi connectivity index (χ1n) is 8.55. The van der Waals surface area contributed by atoms with E-state index in [1.807, 2.05) is 49.9 Å². The average molecular weight is 344 g/mol. The second-order valence-corrected chi connectivity index (χ2v) is 6.48. The first-order valence-corrected chi connectivity index (χ1v) is 8.55. The largest absolute Gasteiger partial charge is 0.372 e. The van der Waals surface area contributed by atoms with Crippen molar-refractivity contribution in [2.24, 2.45) is 0 Å². The highest BCUT2D eigenvalue weighted by molar-refractivity contribution is 5.76. The third-order valence-corrected chi connectivity index (χ3v) is 4.14. The summed E-state index contributed by atoms with van der Waals surface area (Å²) in [5, 5.41) is 14.9. The molecular formula is C17H24N6O2. The lowest BCUT2D eigenvalue weighted by atomic mass is 10.2. The predicted octanol–water partition coefficient (Wildman–Crippen LogP) is 1.41. The normalized spacial score (nSPS) is 20.5. The van der Waals surface area contributed by atoms with Gasteiger partial charge in [-0.25, -0.2) is 0 Å². The zero-order valence-electron chi connectivity index (χ0n) is 14.8. The van der Waals surface area contributed by atoms with E-state index in [0.717, 1.165) is 5.69 Å². The van der Waals surface area contributed by atoms with E-state index >= 15 is 0 Å². The fraction of sp³-hybridized carbons (Fsp3) is 0.529. The molecule has 1 fully saturated rings. The molecule has 1 aromatic heterocycles. The molecule has 0 saturated carbocycles. The van der Waals surface area contributed by atoms with E-state index in [9.17, 15) is 4.79 Å². The molecule has 0 bridgehead atoms. The number of ether oxygens (including phenoxy) is 1. The highest BCUT2D eigenvalue weighted by Gasteiger charge is 2.25. The predicted molar refractivity (Wildman–Crippen MR) is 93.6 cm³/mol. The maximum atomic E-state index is 12.4. The summed E-state index contributed by atoms with van der Waals surface area (Å²) in [6.07, 6.45) is 0.546. The van der Waals surface area contributed by atoms with E-state index in [1.165, 1.54) is 5.56 Å². The lowest BCUT2D eigenvalue weighted by Gasteiger charge is -2.35. The summed E-state index contributed by atoms with van der Waals surface area (Å²) >= 11 is 0. The quantitative estimate of drug-likeness (QED) is 0.883. The first kappa shape index (κ1) is 17.3. The van der Waals surface area contributed by atoms with Crippen molar-refractivity contribution in [1.82, 2.24) is 25.1 Å². The number of tetrazole rings is 1. The Bertz CT molecular complexity index is 704. The molecule has 0 spiro atoms. The molecule has 3 rings (SSSR count). The van der Waals surface area contributed by atoms with Crippen molar-refractivity contribution in [3.63, 3.8) is 0 Å². The number of hydrogen-bond donors (Lipinski definition) is 1. The van der Waals surface area contributed by atoms with Crippen LogP contribution in [-0.4, -0.2) is 62.9 Å². The van der Waals surface area contributed by atoms with Gasteiger partial charge >= 0.3 is 0 Å². The number of benzene rings is 1. The Morgan fingerprint density at radius 1 is 1.24 bits per heavy atom. The van der Waals surface area contributed by atoms with E-state index in [-0.39, 0.29) is 18.1 Å². The molecule has 1 aliphatic heterocycles. The average Bonchev–Trinajstić information content (AvgIpc) is 3.03. The van der Waals surface area contributed by atoms with Gasteiger partial charge in [-0.2, -0.15) is 4.68 Å². The van der Waals surface area contributed by atoms with E-state index in [0.29, 0.717) is 32.0 Å². The standard InChI is InChI=1S/C17H24N6O2/c1-12-4-6-15(7-5-12)23-17(19-20-21-23)18-9-8-16(24)22-10-13(2)25-14(3)11-22/h4-7,13-14H,8-11H2,1-3H3,(H,18,19,21)/t13-,14-/m1/s1. The number of anilines is 1. The minimum Gasteiger partial charge on any atom is -0.372 e. The van der Waals surface area contributed by atoms with Gasteiger partial charge in [0, 0.05) is 26.1 Å². The fourth-order valence-electron chi connectivity index (χ4n) is 2.98. The summed E-state index contributed by atoms with van der Waals surface area (Å²) in [4.78, 5) is 14.2. The van der Waals surface area contributed by atoms with Gasteiger partial charge in [-0.1, -0.05) is 22.8 Å². The topological polar surface area (TPSA) is 85.2 Å². The Balaban J connectivity index is 1.55. The summed E-state index contributed by atoms with van der Waals surface area (Å²) in [7, 11) is 0. The number of hydrogen-bond acceptors (Lipinski definition) is 6. The molecule has 1 aliphatic rings. The Morgan fingerprint density at radius 2 is 1.92 bits per heavy atom. The van der Waals surface area contributed by atoms with Gasteiger partial charge in [0.25, 0.3) is 0 Å². The van der Waals surface area contributed by atoms with Crippen molar-refractivity contribution in [1.29, 1.82) is 0 Å². The van der Waals surface area contributed by atoms with E-state index in [2.05, 4.69) is 20.8 Å². The van der Waals surface area contributed by atoms with E-state index in [4.69, 9.17) is 4.74 Å². The Hall–Kier alpha value is -2.48. The molecule has 2 aromatic rings. The Labute approximate surface area is 147 Å². The number of amides is 1. The van der Waals surface area contributed by atoms with Crippen LogP contribution in [0, 0.1) is 6.92 Å². The highest BCUT2D eigenvalue weighted by atomic mass is 16.5. The molecule has 1 amide bonds. The molecule has 0 aliphatic carbocycles. The van der Waals surface area contributed by atoms with Gasteiger partial charge in [0.2, 0.25) is 11.9 Å². The number of morpholine rings is 1. The van der Waals surface area contributed by atoms with Crippen LogP contribution in [0.3, 0.4) is 0 Å². The van der Waals surface area contributed by atoms with E-state index < -0.39 is 0 Å². The zero-order valence-corrected chi connectivity index (χ0v) is 14.8. The van der Waals surface area contributed by atoms with Crippen molar-refractivity contribution < 1.29 is 9.53 Å². The summed E-state index contributed by atoms with van der Waals surface area (Å²) in [6, 6.07) is 7.92. The molecule has 25 heavy (non-hydrogen) atoms. The van der Waals surface area contributed by atoms with Crippen molar-refractivity contribution in [2.45, 2.75) is 39.4 Å². The van der Waals surface area contributed by atoms with Crippen LogP contribution in [0.15, 0.2) is 24.3 Å². The third-order valence-electron chi connectivity index (χ3n) is 4.14. The van der Waals surface area contributed by atoms with Gasteiger partial charge in [-0.3, -0.25) is 4.79 Å². The molecule has 8 nitrogen and oxygen atoms in total. The van der Waals surface area contributed by atoms with Gasteiger partial charge in [0.15, 0.2) is 0 Å². The van der Waals surface area contributed by atoms with Crippen LogP contribution < -0.4 is 5.32 Å². The third kappa shape index (κ3) is 4.33. The SMILES string of the molecule is Cc1ccc(-n2nnnc2NCCC(=O)N2C[C@@H](C)O[C@H](C)C2)cc1. The van der Waals surface area contributed by atoms with Crippen LogP contribution in [-0.2, 0) is 9.53 Å². The van der Waals surface area contributed by atoms with Gasteiger partial charge in [-0.15, -0.1) is 0 Å². The van der Waals surface area contributed by atoms with Crippen LogP contribution >= 0.6 is 0 Å². The van der Waals surface area contributed by atoms with Crippen LogP contribution in [0.2, 0.25) is 0 Å². The number of carbonyl (C=O) groups is 1. The maximum absolute atomic E-state index is 12.4. The van der Waals surface area contributed by atoms with Crippen molar-refractivity contribution >= 4 is 11.9 Å². The summed E-state index contributed by atoms with van der Waals surface area (Å²) < 4.78 is 7.29. The number of nitrogens with one attached hydrogen (secondary N) is 1. The van der Waals surface area contributed by atoms with Crippen molar-refractivity contribution in [3.05, 3.63) is 29.8 Å². The Kier molecular flexibility index (Phi) is 5.28. The van der Waals surface area contributed by atoms with Crippen LogP contribution in [0.4, 0.5) is 5.95 Å². The number of carbonyl (C=O) groups excluding carboxylic acids is 1. The van der Waals surface area contributed by atoms with Crippen LogP contribution in [0.25, 0.3) is 5.69 Å². The second kappa shape index (κ2) is 7.60. The summed E-state index contributed by atoms with van der Waals surface area (Å²) in [6.45, 7) is 7.77. The van der Waals surface area contributed by atoms with Crippen molar-refractivity contribution in [2.75, 3.05) is 25.0 Å². The number of nitrogens with zero attached hydrogens (tertiary/aromatic N) is 5. The van der Waals surface area contributed by atoms with Crippen molar-refractivity contribution in [3.8, 4) is 5.69 Å². The molecule has 134 valence electrons. The molecule has 8 heteroatoms. The second-order valence-electron chi connectivity index (χ2n) is 6.48. The van der Waals surface area contributed by atoms with Gasteiger partial charge in [0.1, 0.15) is 0 Å². The smallest absolute Gasteiger partial charge is 0.247 e. The zero-order chi connectivity index (χ0) is 17.8. The fourth-order valence-corrected chi connectivity index (χ4v) is 2.98. The minimum absolute atomic E-state index is 0.0782. The first-order chi connectivity index (χ1) is 12.0. The Morgan fingerprint density at radius 3 is 2.60 bits per heavy atom. The molecule has 1 aromatic carbocycles. The van der Waals surface area contributed by atoms with Gasteiger partial charge in [-0.05, 0) is 43.3 Å². The van der Waals surface area contributed by atoms with Gasteiger partial charge < -0.3 is 15.0 Å². The molecule has 2 heterocycles. The lowest BCUT2D eigenvalue weighted by Crippen LogP contribution is -2.48. The summed E-state index contributed by atoms with van der Waals surface area (Å²) in [5.74, 6) is 0.643. The molecule has 2 atom stereocenters. The molecule has 0 unspecified atom stereocenters. The summed E-state index contributed by atoms with van der Waals surface area (Å²) in [5.41, 5.74) is 2.05. The lowest BCUT2D eigenvalue weighted by molar-refractivity contribution is -0.142. The maximum Gasteiger partial charge on any atom is 0.247 e. The molecule has 1 N–H and O–H groups in total. The monoisotopic (exact) mass is 344 g/mol.